The average Bonchev–Trinajstić information content (AvgIpc) is 3.17. The Morgan fingerprint density at radius 2 is 2.12 bits per heavy atom. The van der Waals surface area contributed by atoms with Crippen molar-refractivity contribution in [2.45, 2.75) is 45.6 Å². The van der Waals surface area contributed by atoms with Crippen LogP contribution in [0.5, 0.6) is 0 Å². The van der Waals surface area contributed by atoms with Crippen molar-refractivity contribution in [1.82, 2.24) is 19.7 Å². The Bertz CT molecular complexity index is 887. The normalized spacial score (nSPS) is 14.1. The van der Waals surface area contributed by atoms with Crippen LogP contribution in [0.3, 0.4) is 0 Å². The molecule has 3 heterocycles. The minimum absolute atomic E-state index is 0.173. The fourth-order valence-corrected chi connectivity index (χ4v) is 4.06. The Morgan fingerprint density at radius 3 is 2.92 bits per heavy atom. The van der Waals surface area contributed by atoms with E-state index in [9.17, 15) is 4.79 Å². The number of carbonyl (C=O) groups excluding carboxylic acids is 1. The van der Waals surface area contributed by atoms with Crippen molar-refractivity contribution in [3.05, 3.63) is 34.6 Å². The number of carbonyl (C=O) groups is 1. The van der Waals surface area contributed by atoms with Gasteiger partial charge in [0.15, 0.2) is 10.8 Å². The van der Waals surface area contributed by atoms with Gasteiger partial charge >= 0.3 is 0 Å². The van der Waals surface area contributed by atoms with Crippen LogP contribution in [-0.4, -0.2) is 25.7 Å². The smallest absolute Gasteiger partial charge is 0.259 e. The van der Waals surface area contributed by atoms with Crippen LogP contribution >= 0.6 is 11.3 Å². The van der Waals surface area contributed by atoms with E-state index >= 15 is 0 Å². The number of nitrogens with zero attached hydrogens (tertiary/aromatic N) is 4. The largest absolute Gasteiger partial charge is 0.298 e. The minimum Gasteiger partial charge on any atom is -0.298 e. The molecule has 0 radical (unpaired) electrons. The van der Waals surface area contributed by atoms with E-state index in [0.29, 0.717) is 10.7 Å². The maximum absolute atomic E-state index is 12.5. The highest BCUT2D eigenvalue weighted by Crippen LogP contribution is 2.29. The first kappa shape index (κ1) is 15.3. The number of nitrogens with one attached hydrogen (secondary N) is 1. The molecular weight excluding hydrogens is 322 g/mol. The lowest BCUT2D eigenvalue weighted by Gasteiger charge is -2.06. The van der Waals surface area contributed by atoms with Crippen molar-refractivity contribution in [3.63, 3.8) is 0 Å². The molecule has 0 unspecified atom stereocenters. The van der Waals surface area contributed by atoms with Crippen molar-refractivity contribution >= 4 is 33.4 Å². The van der Waals surface area contributed by atoms with Gasteiger partial charge in [0.2, 0.25) is 0 Å². The Labute approximate surface area is 143 Å². The molecule has 1 N–H and O–H groups in total. The Kier molecular flexibility index (Phi) is 3.80. The first-order valence-corrected chi connectivity index (χ1v) is 9.06. The molecule has 1 aliphatic rings. The molecule has 1 aliphatic carbocycles. The van der Waals surface area contributed by atoms with E-state index < -0.39 is 0 Å². The maximum atomic E-state index is 12.5. The van der Waals surface area contributed by atoms with Crippen LogP contribution in [0.4, 0.5) is 5.13 Å². The van der Waals surface area contributed by atoms with Gasteiger partial charge in [-0.05, 0) is 45.6 Å². The van der Waals surface area contributed by atoms with E-state index in [4.69, 9.17) is 0 Å². The van der Waals surface area contributed by atoms with Crippen LogP contribution in [0.15, 0.2) is 18.5 Å². The predicted octanol–water partition coefficient (Wildman–Crippen LogP) is 3.60. The SMILES string of the molecule is CC(C)n1ncc2cc(C(=O)Nc3nc4c(s3)CCCC4)cnc21. The van der Waals surface area contributed by atoms with Gasteiger partial charge in [-0.15, -0.1) is 11.3 Å². The zero-order valence-electron chi connectivity index (χ0n) is 13.7. The highest BCUT2D eigenvalue weighted by atomic mass is 32.1. The number of aryl methyl sites for hydroxylation is 2. The summed E-state index contributed by atoms with van der Waals surface area (Å²) in [4.78, 5) is 22.8. The molecule has 0 atom stereocenters. The number of fused-ring (bicyclic) bond motifs is 2. The summed E-state index contributed by atoms with van der Waals surface area (Å²) in [5.41, 5.74) is 2.47. The lowest BCUT2D eigenvalue weighted by Crippen LogP contribution is -2.12. The summed E-state index contributed by atoms with van der Waals surface area (Å²) in [5, 5.41) is 8.80. The molecule has 4 rings (SSSR count). The van der Waals surface area contributed by atoms with Crippen LogP contribution in [0.25, 0.3) is 11.0 Å². The molecule has 124 valence electrons. The van der Waals surface area contributed by atoms with E-state index in [0.717, 1.165) is 29.6 Å². The standard InChI is InChI=1S/C17H19N5OS/c1-10(2)22-15-11(9-19-22)7-12(8-18-15)16(23)21-17-20-13-5-3-4-6-14(13)24-17/h7-10H,3-6H2,1-2H3,(H,20,21,23). The van der Waals surface area contributed by atoms with Crippen LogP contribution in [0.2, 0.25) is 0 Å². The molecule has 24 heavy (non-hydrogen) atoms. The van der Waals surface area contributed by atoms with Gasteiger partial charge < -0.3 is 0 Å². The molecule has 0 bridgehead atoms. The third kappa shape index (κ3) is 2.69. The van der Waals surface area contributed by atoms with E-state index in [1.54, 1.807) is 23.7 Å². The Hall–Kier alpha value is -2.28. The molecule has 0 saturated carbocycles. The fourth-order valence-electron chi connectivity index (χ4n) is 3.02. The summed E-state index contributed by atoms with van der Waals surface area (Å²) >= 11 is 1.59. The molecule has 0 saturated heterocycles. The quantitative estimate of drug-likeness (QED) is 0.790. The average molecular weight is 341 g/mol. The lowest BCUT2D eigenvalue weighted by molar-refractivity contribution is 0.102. The molecule has 7 heteroatoms. The van der Waals surface area contributed by atoms with Gasteiger partial charge in [-0.3, -0.25) is 10.1 Å². The van der Waals surface area contributed by atoms with Gasteiger partial charge in [0.1, 0.15) is 0 Å². The highest BCUT2D eigenvalue weighted by Gasteiger charge is 2.17. The lowest BCUT2D eigenvalue weighted by atomic mass is 10.0. The van der Waals surface area contributed by atoms with Gasteiger partial charge in [0, 0.05) is 22.5 Å². The zero-order chi connectivity index (χ0) is 16.7. The summed E-state index contributed by atoms with van der Waals surface area (Å²) in [7, 11) is 0. The second kappa shape index (κ2) is 5.98. The monoisotopic (exact) mass is 341 g/mol. The van der Waals surface area contributed by atoms with Crippen LogP contribution in [-0.2, 0) is 12.8 Å². The molecule has 3 aromatic heterocycles. The van der Waals surface area contributed by atoms with Crippen LogP contribution < -0.4 is 5.32 Å². The van der Waals surface area contributed by atoms with Crippen molar-refractivity contribution in [3.8, 4) is 0 Å². The van der Waals surface area contributed by atoms with Crippen molar-refractivity contribution < 1.29 is 4.79 Å². The number of rotatable bonds is 3. The van der Waals surface area contributed by atoms with Gasteiger partial charge in [0.25, 0.3) is 5.91 Å². The molecule has 0 fully saturated rings. The predicted molar refractivity (Wildman–Crippen MR) is 94.6 cm³/mol. The Balaban J connectivity index is 1.58. The number of aromatic nitrogens is 4. The summed E-state index contributed by atoms with van der Waals surface area (Å²) < 4.78 is 1.85. The number of hydrogen-bond donors (Lipinski definition) is 1. The third-order valence-corrected chi connectivity index (χ3v) is 5.32. The number of hydrogen-bond acceptors (Lipinski definition) is 5. The highest BCUT2D eigenvalue weighted by molar-refractivity contribution is 7.15. The number of pyridine rings is 1. The molecule has 0 spiro atoms. The minimum atomic E-state index is -0.173. The first-order valence-electron chi connectivity index (χ1n) is 8.25. The van der Waals surface area contributed by atoms with E-state index in [1.807, 2.05) is 10.7 Å². The number of anilines is 1. The topological polar surface area (TPSA) is 72.7 Å². The second-order valence-electron chi connectivity index (χ2n) is 6.37. The van der Waals surface area contributed by atoms with E-state index in [1.165, 1.54) is 17.7 Å². The molecule has 1 amide bonds. The van der Waals surface area contributed by atoms with Crippen molar-refractivity contribution in [2.24, 2.45) is 0 Å². The summed E-state index contributed by atoms with van der Waals surface area (Å²) in [6.45, 7) is 4.11. The van der Waals surface area contributed by atoms with Gasteiger partial charge in [-0.25, -0.2) is 14.6 Å². The molecule has 0 aromatic carbocycles. The number of thiazole rings is 1. The van der Waals surface area contributed by atoms with Crippen molar-refractivity contribution in [2.75, 3.05) is 5.32 Å². The summed E-state index contributed by atoms with van der Waals surface area (Å²) in [6, 6.07) is 2.06. The molecule has 3 aromatic rings. The van der Waals surface area contributed by atoms with Gasteiger partial charge in [-0.1, -0.05) is 0 Å². The molecular formula is C17H19N5OS. The van der Waals surface area contributed by atoms with Crippen LogP contribution in [0, 0.1) is 0 Å². The third-order valence-electron chi connectivity index (χ3n) is 4.25. The summed E-state index contributed by atoms with van der Waals surface area (Å²) in [6.07, 6.45) is 7.84. The second-order valence-corrected chi connectivity index (χ2v) is 7.45. The molecule has 6 nitrogen and oxygen atoms in total. The van der Waals surface area contributed by atoms with E-state index in [2.05, 4.69) is 34.2 Å². The van der Waals surface area contributed by atoms with Gasteiger partial charge in [0.05, 0.1) is 17.5 Å². The van der Waals surface area contributed by atoms with Gasteiger partial charge in [-0.2, -0.15) is 5.10 Å². The fraction of sp³-hybridized carbons (Fsp3) is 0.412. The number of amides is 1. The summed E-state index contributed by atoms with van der Waals surface area (Å²) in [5.74, 6) is -0.173. The molecule has 0 aliphatic heterocycles. The van der Waals surface area contributed by atoms with Crippen LogP contribution in [0.1, 0.15) is 53.7 Å². The van der Waals surface area contributed by atoms with Crippen molar-refractivity contribution in [1.29, 1.82) is 0 Å². The first-order chi connectivity index (χ1) is 11.6. The maximum Gasteiger partial charge on any atom is 0.259 e. The zero-order valence-corrected chi connectivity index (χ0v) is 14.6. The Morgan fingerprint density at radius 1 is 1.29 bits per heavy atom. The van der Waals surface area contributed by atoms with E-state index in [-0.39, 0.29) is 11.9 Å².